The lowest BCUT2D eigenvalue weighted by atomic mass is 9.76. The number of nitrogens with one attached hydrogen (secondary N) is 1. The van der Waals surface area contributed by atoms with Crippen LogP contribution in [0.4, 0.5) is 0 Å². The zero-order valence-corrected chi connectivity index (χ0v) is 29.7. The summed E-state index contributed by atoms with van der Waals surface area (Å²) in [6.07, 6.45) is 1.08. The third kappa shape index (κ3) is 6.80. The number of hydrogen-bond donors (Lipinski definition) is 2. The lowest BCUT2D eigenvalue weighted by Crippen LogP contribution is -2.58. The monoisotopic (exact) mass is 702 g/mol. The Morgan fingerprint density at radius 2 is 0.942 bits per heavy atom. The number of aliphatic carboxylic acids is 1. The molecule has 1 saturated heterocycles. The van der Waals surface area contributed by atoms with Gasteiger partial charge in [0.1, 0.15) is 6.04 Å². The molecule has 5 nitrogen and oxygen atoms in total. The van der Waals surface area contributed by atoms with E-state index in [1.54, 1.807) is 16.7 Å². The zero-order chi connectivity index (χ0) is 35.8. The van der Waals surface area contributed by atoms with Gasteiger partial charge < -0.3 is 10.0 Å². The van der Waals surface area contributed by atoms with E-state index < -0.39 is 28.3 Å². The van der Waals surface area contributed by atoms with Gasteiger partial charge in [-0.3, -0.25) is 10.1 Å². The number of carbonyl (C=O) groups excluding carboxylic acids is 1. The number of nitrogens with zero attached hydrogens (tertiary/aromatic N) is 1. The van der Waals surface area contributed by atoms with Gasteiger partial charge in [-0.2, -0.15) is 0 Å². The average molecular weight is 703 g/mol. The first-order chi connectivity index (χ1) is 25.5. The molecule has 7 rings (SSSR count). The molecule has 52 heavy (non-hydrogen) atoms. The first-order valence-electron chi connectivity index (χ1n) is 17.8. The van der Waals surface area contributed by atoms with Crippen LogP contribution in [0, 0.1) is 0 Å². The van der Waals surface area contributed by atoms with E-state index in [0.29, 0.717) is 25.1 Å². The summed E-state index contributed by atoms with van der Waals surface area (Å²) in [7, 11) is 0. The SMILES string of the molecule is O=C(O)C1CCCN1C(=O)C(CSC(c1ccccc1)(c1ccccc1)c1ccccc1)NC(c1ccccc1)(c1ccccc1)c1ccccc1. The van der Waals surface area contributed by atoms with Crippen LogP contribution in [-0.4, -0.2) is 46.3 Å². The molecule has 1 amide bonds. The van der Waals surface area contributed by atoms with Gasteiger partial charge in [-0.15, -0.1) is 11.8 Å². The van der Waals surface area contributed by atoms with E-state index in [1.807, 2.05) is 72.8 Å². The van der Waals surface area contributed by atoms with Crippen molar-refractivity contribution in [2.75, 3.05) is 12.3 Å². The van der Waals surface area contributed by atoms with Crippen LogP contribution < -0.4 is 5.32 Å². The summed E-state index contributed by atoms with van der Waals surface area (Å²) in [6.45, 7) is 0.398. The summed E-state index contributed by atoms with van der Waals surface area (Å²) in [6, 6.07) is 60.4. The highest BCUT2D eigenvalue weighted by Crippen LogP contribution is 2.49. The number of benzene rings is 6. The third-order valence-corrected chi connectivity index (χ3v) is 11.8. The predicted octanol–water partition coefficient (Wildman–Crippen LogP) is 8.74. The molecule has 0 bridgehead atoms. The smallest absolute Gasteiger partial charge is 0.326 e. The normalized spacial score (nSPS) is 15.2. The Morgan fingerprint density at radius 3 is 1.29 bits per heavy atom. The van der Waals surface area contributed by atoms with Crippen LogP contribution in [0.1, 0.15) is 46.2 Å². The minimum atomic E-state index is -0.968. The summed E-state index contributed by atoms with van der Waals surface area (Å²) in [5.74, 6) is -0.841. The molecule has 1 heterocycles. The van der Waals surface area contributed by atoms with Gasteiger partial charge in [0.25, 0.3) is 0 Å². The van der Waals surface area contributed by atoms with Gasteiger partial charge in [-0.05, 0) is 46.2 Å². The highest BCUT2D eigenvalue weighted by atomic mass is 32.2. The van der Waals surface area contributed by atoms with Gasteiger partial charge in [0.2, 0.25) is 5.91 Å². The van der Waals surface area contributed by atoms with Crippen molar-refractivity contribution in [3.05, 3.63) is 215 Å². The van der Waals surface area contributed by atoms with Crippen molar-refractivity contribution in [2.24, 2.45) is 0 Å². The lowest BCUT2D eigenvalue weighted by molar-refractivity contribution is -0.148. The van der Waals surface area contributed by atoms with Gasteiger partial charge in [-0.25, -0.2) is 4.79 Å². The van der Waals surface area contributed by atoms with Crippen molar-refractivity contribution >= 4 is 23.6 Å². The minimum Gasteiger partial charge on any atom is -0.480 e. The Morgan fingerprint density at radius 1 is 0.596 bits per heavy atom. The van der Waals surface area contributed by atoms with Gasteiger partial charge in [0.05, 0.1) is 16.3 Å². The van der Waals surface area contributed by atoms with E-state index >= 15 is 4.79 Å². The average Bonchev–Trinajstić information content (AvgIpc) is 3.72. The summed E-state index contributed by atoms with van der Waals surface area (Å²) >= 11 is 1.70. The van der Waals surface area contributed by atoms with Gasteiger partial charge >= 0.3 is 5.97 Å². The fourth-order valence-electron chi connectivity index (χ4n) is 7.71. The Labute approximate surface area is 310 Å². The molecule has 2 atom stereocenters. The number of carboxylic acid groups (broad SMARTS) is 1. The van der Waals surface area contributed by atoms with Crippen LogP contribution in [0.25, 0.3) is 0 Å². The summed E-state index contributed by atoms with van der Waals surface area (Å²) < 4.78 is -0.684. The standard InChI is InChI=1S/C46H42N2O3S/c49-43(48-33-19-32-42(48)44(50)51)41(47-45(35-20-7-1-8-21-35,36-22-9-2-10-23-36)37-24-11-3-12-25-37)34-52-46(38-26-13-4-14-27-38,39-28-15-5-16-29-39)40-30-17-6-18-31-40/h1-18,20-31,41-42,47H,19,32-34H2,(H,50,51). The van der Waals surface area contributed by atoms with Crippen molar-refractivity contribution in [3.63, 3.8) is 0 Å². The molecule has 2 N–H and O–H groups in total. The highest BCUT2D eigenvalue weighted by Gasteiger charge is 2.45. The Kier molecular flexibility index (Phi) is 10.7. The first-order valence-corrected chi connectivity index (χ1v) is 18.8. The van der Waals surface area contributed by atoms with E-state index in [0.717, 1.165) is 33.4 Å². The lowest BCUT2D eigenvalue weighted by Gasteiger charge is -2.42. The number of carboxylic acids is 1. The third-order valence-electron chi connectivity index (χ3n) is 10.1. The van der Waals surface area contributed by atoms with Crippen LogP contribution in [-0.2, 0) is 19.9 Å². The molecule has 6 aromatic carbocycles. The maximum absolute atomic E-state index is 15.1. The first kappa shape index (κ1) is 35.0. The molecule has 6 aromatic rings. The molecule has 0 saturated carbocycles. The summed E-state index contributed by atoms with van der Waals surface area (Å²) in [5.41, 5.74) is 5.26. The van der Waals surface area contributed by atoms with E-state index in [-0.39, 0.29) is 5.91 Å². The van der Waals surface area contributed by atoms with Crippen molar-refractivity contribution in [1.82, 2.24) is 10.2 Å². The number of amides is 1. The Hall–Kier alpha value is -5.43. The van der Waals surface area contributed by atoms with Gasteiger partial charge in [-0.1, -0.05) is 182 Å². The quantitative estimate of drug-likeness (QED) is 0.118. The maximum Gasteiger partial charge on any atom is 0.326 e. The highest BCUT2D eigenvalue weighted by molar-refractivity contribution is 8.00. The van der Waals surface area contributed by atoms with Gasteiger partial charge in [0, 0.05) is 12.3 Å². The molecule has 0 aliphatic carbocycles. The van der Waals surface area contributed by atoms with Gasteiger partial charge in [0.15, 0.2) is 0 Å². The second-order valence-corrected chi connectivity index (χ2v) is 14.4. The van der Waals surface area contributed by atoms with Crippen LogP contribution in [0.15, 0.2) is 182 Å². The molecule has 0 radical (unpaired) electrons. The second-order valence-electron chi connectivity index (χ2n) is 13.2. The number of rotatable bonds is 13. The van der Waals surface area contributed by atoms with Crippen LogP contribution >= 0.6 is 11.8 Å². The molecule has 260 valence electrons. The molecule has 6 heteroatoms. The molecule has 1 aliphatic heterocycles. The van der Waals surface area contributed by atoms with Crippen molar-refractivity contribution in [3.8, 4) is 0 Å². The number of likely N-dealkylation sites (tertiary alicyclic amines) is 1. The fourth-order valence-corrected chi connectivity index (χ4v) is 9.27. The molecule has 2 unspecified atom stereocenters. The van der Waals surface area contributed by atoms with Crippen LogP contribution in [0.2, 0.25) is 0 Å². The molecular weight excluding hydrogens is 661 g/mol. The second kappa shape index (κ2) is 15.9. The van der Waals surface area contributed by atoms with E-state index in [2.05, 4.69) is 115 Å². The maximum atomic E-state index is 15.1. The topological polar surface area (TPSA) is 69.6 Å². The Bertz CT molecular complexity index is 1850. The minimum absolute atomic E-state index is 0.215. The van der Waals surface area contributed by atoms with Crippen molar-refractivity contribution in [1.29, 1.82) is 0 Å². The fraction of sp³-hybridized carbons (Fsp3) is 0.174. The molecule has 0 aromatic heterocycles. The molecular formula is C46H42N2O3S. The van der Waals surface area contributed by atoms with Crippen LogP contribution in [0.3, 0.4) is 0 Å². The summed E-state index contributed by atoms with van der Waals surface area (Å²) in [5, 5.41) is 14.2. The Balaban J connectivity index is 1.42. The van der Waals surface area contributed by atoms with Crippen LogP contribution in [0.5, 0.6) is 0 Å². The van der Waals surface area contributed by atoms with E-state index in [4.69, 9.17) is 0 Å². The largest absolute Gasteiger partial charge is 0.480 e. The predicted molar refractivity (Wildman–Crippen MR) is 210 cm³/mol. The summed E-state index contributed by atoms with van der Waals surface area (Å²) in [4.78, 5) is 29.3. The van der Waals surface area contributed by atoms with Crippen molar-refractivity contribution < 1.29 is 14.7 Å². The van der Waals surface area contributed by atoms with E-state index in [9.17, 15) is 9.90 Å². The van der Waals surface area contributed by atoms with Crippen molar-refractivity contribution in [2.45, 2.75) is 35.2 Å². The molecule has 1 aliphatic rings. The zero-order valence-electron chi connectivity index (χ0n) is 28.9. The number of carbonyl (C=O) groups is 2. The number of hydrogen-bond acceptors (Lipinski definition) is 4. The van der Waals surface area contributed by atoms with E-state index in [1.165, 1.54) is 0 Å². The number of thioether (sulfide) groups is 1. The molecule has 0 spiro atoms. The molecule has 1 fully saturated rings.